The fourth-order valence-corrected chi connectivity index (χ4v) is 2.36. The SMILES string of the molecule is CCOc1ccccc1-c1nc2c(OC)cccn2c1N. The molecule has 0 amide bonds. The predicted octanol–water partition coefficient (Wildman–Crippen LogP) is 2.99. The van der Waals surface area contributed by atoms with E-state index < -0.39 is 0 Å². The molecule has 0 atom stereocenters. The minimum absolute atomic E-state index is 0.566. The van der Waals surface area contributed by atoms with Gasteiger partial charge in [-0.2, -0.15) is 0 Å². The number of imidazole rings is 1. The van der Waals surface area contributed by atoms with Crippen molar-refractivity contribution in [1.82, 2.24) is 9.38 Å². The van der Waals surface area contributed by atoms with Gasteiger partial charge in [0.15, 0.2) is 11.4 Å². The number of hydrogen-bond acceptors (Lipinski definition) is 4. The lowest BCUT2D eigenvalue weighted by atomic mass is 10.1. The van der Waals surface area contributed by atoms with Crippen LogP contribution in [0.4, 0.5) is 5.82 Å². The minimum atomic E-state index is 0.566. The van der Waals surface area contributed by atoms with Gasteiger partial charge >= 0.3 is 0 Å². The maximum Gasteiger partial charge on any atom is 0.181 e. The van der Waals surface area contributed by atoms with Crippen molar-refractivity contribution in [1.29, 1.82) is 0 Å². The summed E-state index contributed by atoms with van der Waals surface area (Å²) in [4.78, 5) is 4.63. The molecule has 21 heavy (non-hydrogen) atoms. The van der Waals surface area contributed by atoms with Crippen molar-refractivity contribution < 1.29 is 9.47 Å². The van der Waals surface area contributed by atoms with Gasteiger partial charge in [0.2, 0.25) is 0 Å². The molecule has 0 saturated carbocycles. The van der Waals surface area contributed by atoms with E-state index in [-0.39, 0.29) is 0 Å². The van der Waals surface area contributed by atoms with Crippen LogP contribution in [0.2, 0.25) is 0 Å². The van der Waals surface area contributed by atoms with E-state index in [0.717, 1.165) is 11.3 Å². The maximum atomic E-state index is 6.25. The number of hydrogen-bond donors (Lipinski definition) is 1. The molecule has 0 fully saturated rings. The van der Waals surface area contributed by atoms with E-state index >= 15 is 0 Å². The Morgan fingerprint density at radius 1 is 1.14 bits per heavy atom. The van der Waals surface area contributed by atoms with Gasteiger partial charge in [0.05, 0.1) is 13.7 Å². The van der Waals surface area contributed by atoms with Crippen molar-refractivity contribution in [2.24, 2.45) is 0 Å². The number of nitrogen functional groups attached to an aromatic ring is 1. The van der Waals surface area contributed by atoms with E-state index in [9.17, 15) is 0 Å². The summed E-state index contributed by atoms with van der Waals surface area (Å²) < 4.78 is 12.8. The third-order valence-corrected chi connectivity index (χ3v) is 3.31. The van der Waals surface area contributed by atoms with Crippen LogP contribution >= 0.6 is 0 Å². The standard InChI is InChI=1S/C16H17N3O2/c1-3-21-12-8-5-4-7-11(12)14-15(17)19-10-6-9-13(20-2)16(19)18-14/h4-10H,3,17H2,1-2H3. The van der Waals surface area contributed by atoms with Gasteiger partial charge in [-0.25, -0.2) is 4.98 Å². The van der Waals surface area contributed by atoms with Gasteiger partial charge in [-0.05, 0) is 31.2 Å². The van der Waals surface area contributed by atoms with Crippen molar-refractivity contribution in [3.8, 4) is 22.8 Å². The molecule has 0 spiro atoms. The highest BCUT2D eigenvalue weighted by molar-refractivity contribution is 5.80. The van der Waals surface area contributed by atoms with Crippen LogP contribution in [-0.4, -0.2) is 23.1 Å². The zero-order valence-corrected chi connectivity index (χ0v) is 12.0. The summed E-state index contributed by atoms with van der Waals surface area (Å²) in [6.45, 7) is 2.54. The molecule has 0 saturated heterocycles. The number of rotatable bonds is 4. The highest BCUT2D eigenvalue weighted by Gasteiger charge is 2.17. The number of anilines is 1. The van der Waals surface area contributed by atoms with Crippen LogP contribution in [0.1, 0.15) is 6.92 Å². The number of pyridine rings is 1. The lowest BCUT2D eigenvalue weighted by Gasteiger charge is -2.08. The van der Waals surface area contributed by atoms with Crippen molar-refractivity contribution in [3.63, 3.8) is 0 Å². The Labute approximate surface area is 122 Å². The summed E-state index contributed by atoms with van der Waals surface area (Å²) in [5.41, 5.74) is 8.52. The Hall–Kier alpha value is -2.69. The molecule has 0 aliphatic rings. The molecule has 0 bridgehead atoms. The Morgan fingerprint density at radius 3 is 2.67 bits per heavy atom. The van der Waals surface area contributed by atoms with Gasteiger partial charge in [0, 0.05) is 11.8 Å². The van der Waals surface area contributed by atoms with Crippen LogP contribution in [0.15, 0.2) is 42.6 Å². The highest BCUT2D eigenvalue weighted by Crippen LogP contribution is 2.35. The second-order valence-corrected chi connectivity index (χ2v) is 4.54. The number of nitrogens with zero attached hydrogens (tertiary/aromatic N) is 2. The molecule has 2 aromatic heterocycles. The molecule has 2 N–H and O–H groups in total. The number of para-hydroxylation sites is 1. The number of methoxy groups -OCH3 is 1. The van der Waals surface area contributed by atoms with E-state index in [0.29, 0.717) is 29.5 Å². The molecule has 1 aromatic carbocycles. The monoisotopic (exact) mass is 283 g/mol. The van der Waals surface area contributed by atoms with Gasteiger partial charge in [0.1, 0.15) is 17.3 Å². The summed E-state index contributed by atoms with van der Waals surface area (Å²) in [6, 6.07) is 11.5. The summed E-state index contributed by atoms with van der Waals surface area (Å²) in [6.07, 6.45) is 1.87. The molecule has 3 rings (SSSR count). The molecule has 0 unspecified atom stereocenters. The first-order valence-electron chi connectivity index (χ1n) is 6.79. The van der Waals surface area contributed by atoms with Gasteiger partial charge in [-0.1, -0.05) is 12.1 Å². The predicted molar refractivity (Wildman–Crippen MR) is 82.8 cm³/mol. The van der Waals surface area contributed by atoms with Crippen LogP contribution in [0.3, 0.4) is 0 Å². The van der Waals surface area contributed by atoms with Crippen LogP contribution < -0.4 is 15.2 Å². The Bertz CT molecular complexity index is 780. The van der Waals surface area contributed by atoms with Crippen molar-refractivity contribution >= 4 is 11.5 Å². The van der Waals surface area contributed by atoms with Crippen LogP contribution in [0, 0.1) is 0 Å². The highest BCUT2D eigenvalue weighted by atomic mass is 16.5. The van der Waals surface area contributed by atoms with Gasteiger partial charge < -0.3 is 15.2 Å². The Morgan fingerprint density at radius 2 is 1.90 bits per heavy atom. The van der Waals surface area contributed by atoms with E-state index in [1.165, 1.54) is 0 Å². The first kappa shape index (κ1) is 13.3. The lowest BCUT2D eigenvalue weighted by Crippen LogP contribution is -1.97. The van der Waals surface area contributed by atoms with Gasteiger partial charge in [-0.3, -0.25) is 4.40 Å². The topological polar surface area (TPSA) is 61.8 Å². The summed E-state index contributed by atoms with van der Waals surface area (Å²) in [7, 11) is 1.62. The zero-order chi connectivity index (χ0) is 14.8. The van der Waals surface area contributed by atoms with Gasteiger partial charge in [0.25, 0.3) is 0 Å². The molecule has 108 valence electrons. The van der Waals surface area contributed by atoms with Crippen molar-refractivity contribution in [2.75, 3.05) is 19.5 Å². The quantitative estimate of drug-likeness (QED) is 0.799. The minimum Gasteiger partial charge on any atom is -0.493 e. The number of nitrogens with two attached hydrogens (primary N) is 1. The molecular formula is C16H17N3O2. The molecule has 2 heterocycles. The summed E-state index contributed by atoms with van der Waals surface area (Å²) in [5.74, 6) is 2.02. The van der Waals surface area contributed by atoms with Crippen LogP contribution in [0.25, 0.3) is 16.9 Å². The van der Waals surface area contributed by atoms with Crippen LogP contribution in [-0.2, 0) is 0 Å². The van der Waals surface area contributed by atoms with E-state index in [4.69, 9.17) is 15.2 Å². The van der Waals surface area contributed by atoms with Gasteiger partial charge in [-0.15, -0.1) is 0 Å². The maximum absolute atomic E-state index is 6.25. The second-order valence-electron chi connectivity index (χ2n) is 4.54. The van der Waals surface area contributed by atoms with E-state index in [1.54, 1.807) is 7.11 Å². The third-order valence-electron chi connectivity index (χ3n) is 3.31. The first-order chi connectivity index (χ1) is 10.3. The zero-order valence-electron chi connectivity index (χ0n) is 12.0. The number of fused-ring (bicyclic) bond motifs is 1. The van der Waals surface area contributed by atoms with Crippen molar-refractivity contribution in [2.45, 2.75) is 6.92 Å². The molecule has 5 nitrogen and oxygen atoms in total. The fraction of sp³-hybridized carbons (Fsp3) is 0.188. The number of aromatic nitrogens is 2. The average Bonchev–Trinajstić information content (AvgIpc) is 2.85. The summed E-state index contributed by atoms with van der Waals surface area (Å²) >= 11 is 0. The number of benzene rings is 1. The number of ether oxygens (including phenoxy) is 2. The normalized spacial score (nSPS) is 10.8. The summed E-state index contributed by atoms with van der Waals surface area (Å²) in [5, 5.41) is 0. The fourth-order valence-electron chi connectivity index (χ4n) is 2.36. The molecule has 0 radical (unpaired) electrons. The van der Waals surface area contributed by atoms with E-state index in [2.05, 4.69) is 4.98 Å². The third kappa shape index (κ3) is 2.16. The molecule has 0 aliphatic carbocycles. The van der Waals surface area contributed by atoms with Crippen molar-refractivity contribution in [3.05, 3.63) is 42.6 Å². The molecular weight excluding hydrogens is 266 g/mol. The molecule has 3 aromatic rings. The lowest BCUT2D eigenvalue weighted by molar-refractivity contribution is 0.341. The molecule has 0 aliphatic heterocycles. The Kier molecular flexibility index (Phi) is 3.39. The Balaban J connectivity index is 2.24. The largest absolute Gasteiger partial charge is 0.493 e. The smallest absolute Gasteiger partial charge is 0.181 e. The molecule has 5 heteroatoms. The average molecular weight is 283 g/mol. The van der Waals surface area contributed by atoms with E-state index in [1.807, 2.05) is 53.9 Å². The first-order valence-corrected chi connectivity index (χ1v) is 6.79. The van der Waals surface area contributed by atoms with Crippen LogP contribution in [0.5, 0.6) is 11.5 Å². The second kappa shape index (κ2) is 5.36.